The van der Waals surface area contributed by atoms with Gasteiger partial charge in [-0.15, -0.1) is 11.3 Å². The summed E-state index contributed by atoms with van der Waals surface area (Å²) in [5.41, 5.74) is 2.89. The Morgan fingerprint density at radius 1 is 0.935 bits per heavy atom. The van der Waals surface area contributed by atoms with E-state index in [4.69, 9.17) is 0 Å². The van der Waals surface area contributed by atoms with Crippen molar-refractivity contribution in [3.8, 4) is 0 Å². The first-order chi connectivity index (χ1) is 14.5. The molecule has 0 aliphatic rings. The number of rotatable bonds is 5. The Bertz CT molecular complexity index is 1100. The molecule has 31 heavy (non-hydrogen) atoms. The number of anilines is 2. The molecular weight excluding hydrogens is 428 g/mol. The van der Waals surface area contributed by atoms with Gasteiger partial charge in [0.05, 0.1) is 9.88 Å². The summed E-state index contributed by atoms with van der Waals surface area (Å²) in [5, 5.41) is 7.18. The highest BCUT2D eigenvalue weighted by atomic mass is 32.2. The van der Waals surface area contributed by atoms with Crippen LogP contribution in [0.5, 0.6) is 0 Å². The summed E-state index contributed by atoms with van der Waals surface area (Å²) < 4.78 is 0. The maximum atomic E-state index is 12.7. The first kappa shape index (κ1) is 23.0. The number of aromatic nitrogens is 2. The Balaban J connectivity index is 1.66. The van der Waals surface area contributed by atoms with Gasteiger partial charge in [0.1, 0.15) is 0 Å². The molecular formula is C23H26N4O2S2. The molecule has 2 amide bonds. The molecule has 0 radical (unpaired) electrons. The second-order valence-electron chi connectivity index (χ2n) is 8.34. The Morgan fingerprint density at radius 2 is 1.55 bits per heavy atom. The van der Waals surface area contributed by atoms with Gasteiger partial charge < -0.3 is 10.6 Å². The molecule has 2 heterocycles. The minimum atomic E-state index is -0.498. The van der Waals surface area contributed by atoms with E-state index in [0.29, 0.717) is 20.7 Å². The third-order valence-corrected chi connectivity index (χ3v) is 6.35. The molecule has 3 aromatic rings. The number of hydrogen-bond donors (Lipinski definition) is 2. The van der Waals surface area contributed by atoms with Crippen molar-refractivity contribution in [1.82, 2.24) is 9.97 Å². The van der Waals surface area contributed by atoms with Crippen molar-refractivity contribution >= 4 is 45.6 Å². The standard InChI is InChI=1S/C23H26N4O2S2/c1-13-11-18(27-21(29)23(4,5)6)31-19(13)20(28)26-16-7-9-17(10-8-16)30-22-24-14(2)12-15(3)25-22/h7-12H,1-6H3,(H,26,28)(H,27,29). The fourth-order valence-corrected chi connectivity index (χ4v) is 4.53. The molecule has 2 aromatic heterocycles. The van der Waals surface area contributed by atoms with Crippen molar-refractivity contribution in [3.05, 3.63) is 58.2 Å². The van der Waals surface area contributed by atoms with Crippen molar-refractivity contribution in [1.29, 1.82) is 0 Å². The number of hydrogen-bond acceptors (Lipinski definition) is 6. The van der Waals surface area contributed by atoms with Gasteiger partial charge in [0, 0.05) is 27.4 Å². The Hall–Kier alpha value is -2.71. The van der Waals surface area contributed by atoms with Crippen LogP contribution in [0.1, 0.15) is 47.4 Å². The summed E-state index contributed by atoms with van der Waals surface area (Å²) in [5.74, 6) is -0.279. The number of carbonyl (C=O) groups is 2. The zero-order valence-electron chi connectivity index (χ0n) is 18.5. The Kier molecular flexibility index (Phi) is 6.81. The summed E-state index contributed by atoms with van der Waals surface area (Å²) in [6.07, 6.45) is 0. The van der Waals surface area contributed by atoms with Gasteiger partial charge in [-0.05, 0) is 74.5 Å². The molecule has 0 unspecified atom stereocenters. The highest BCUT2D eigenvalue weighted by molar-refractivity contribution is 7.99. The SMILES string of the molecule is Cc1cc(C)nc(Sc2ccc(NC(=O)c3sc(NC(=O)C(C)(C)C)cc3C)cc2)n1. The molecule has 3 rings (SSSR count). The molecule has 162 valence electrons. The van der Waals surface area contributed by atoms with Crippen molar-refractivity contribution in [3.63, 3.8) is 0 Å². The van der Waals surface area contributed by atoms with Crippen LogP contribution in [0.4, 0.5) is 10.7 Å². The molecule has 0 fully saturated rings. The molecule has 6 nitrogen and oxygen atoms in total. The molecule has 0 saturated carbocycles. The normalized spacial score (nSPS) is 11.3. The predicted octanol–water partition coefficient (Wildman–Crippen LogP) is 5.85. The summed E-state index contributed by atoms with van der Waals surface area (Å²) >= 11 is 2.75. The number of carbonyl (C=O) groups excluding carboxylic acids is 2. The predicted molar refractivity (Wildman–Crippen MR) is 127 cm³/mol. The van der Waals surface area contributed by atoms with E-state index in [9.17, 15) is 9.59 Å². The van der Waals surface area contributed by atoms with E-state index in [1.54, 1.807) is 0 Å². The van der Waals surface area contributed by atoms with E-state index in [1.807, 2.05) is 77.9 Å². The largest absolute Gasteiger partial charge is 0.321 e. The third-order valence-electron chi connectivity index (χ3n) is 4.33. The van der Waals surface area contributed by atoms with Crippen LogP contribution >= 0.6 is 23.1 Å². The first-order valence-electron chi connectivity index (χ1n) is 9.85. The van der Waals surface area contributed by atoms with Crippen LogP contribution in [0.2, 0.25) is 0 Å². The third kappa shape index (κ3) is 6.15. The average Bonchev–Trinajstić information content (AvgIpc) is 3.02. The molecule has 0 saturated heterocycles. The van der Waals surface area contributed by atoms with Crippen LogP contribution in [-0.4, -0.2) is 21.8 Å². The smallest absolute Gasteiger partial charge is 0.266 e. The van der Waals surface area contributed by atoms with E-state index < -0.39 is 5.41 Å². The minimum absolute atomic E-state index is 0.0819. The maximum absolute atomic E-state index is 12.7. The van der Waals surface area contributed by atoms with E-state index in [-0.39, 0.29) is 11.8 Å². The van der Waals surface area contributed by atoms with Crippen molar-refractivity contribution in [2.75, 3.05) is 10.6 Å². The number of thiophene rings is 1. The van der Waals surface area contributed by atoms with Gasteiger partial charge in [0.15, 0.2) is 5.16 Å². The maximum Gasteiger partial charge on any atom is 0.266 e. The van der Waals surface area contributed by atoms with Crippen molar-refractivity contribution in [2.24, 2.45) is 5.41 Å². The van der Waals surface area contributed by atoms with E-state index in [1.165, 1.54) is 23.1 Å². The zero-order chi connectivity index (χ0) is 22.8. The lowest BCUT2D eigenvalue weighted by Gasteiger charge is -2.16. The fourth-order valence-electron chi connectivity index (χ4n) is 2.71. The highest BCUT2D eigenvalue weighted by Crippen LogP contribution is 2.30. The van der Waals surface area contributed by atoms with Gasteiger partial charge in [-0.25, -0.2) is 9.97 Å². The molecule has 0 bridgehead atoms. The Labute approximate surface area is 190 Å². The molecule has 0 aliphatic heterocycles. The Morgan fingerprint density at radius 3 is 2.13 bits per heavy atom. The van der Waals surface area contributed by atoms with Gasteiger partial charge >= 0.3 is 0 Å². The highest BCUT2D eigenvalue weighted by Gasteiger charge is 2.23. The molecule has 8 heteroatoms. The topological polar surface area (TPSA) is 84.0 Å². The van der Waals surface area contributed by atoms with Gasteiger partial charge in [0.25, 0.3) is 5.91 Å². The minimum Gasteiger partial charge on any atom is -0.321 e. The summed E-state index contributed by atoms with van der Waals surface area (Å²) in [4.78, 5) is 35.4. The van der Waals surface area contributed by atoms with E-state index in [0.717, 1.165) is 21.8 Å². The number of aryl methyl sites for hydroxylation is 3. The number of amides is 2. The molecule has 2 N–H and O–H groups in total. The van der Waals surface area contributed by atoms with Crippen LogP contribution in [0.25, 0.3) is 0 Å². The summed E-state index contributed by atoms with van der Waals surface area (Å²) in [6.45, 7) is 11.3. The van der Waals surface area contributed by atoms with Crippen LogP contribution in [0.15, 0.2) is 46.5 Å². The fraction of sp³-hybridized carbons (Fsp3) is 0.304. The second-order valence-corrected chi connectivity index (χ2v) is 10.4. The van der Waals surface area contributed by atoms with Crippen molar-refractivity contribution in [2.45, 2.75) is 51.6 Å². The van der Waals surface area contributed by atoms with Crippen LogP contribution in [-0.2, 0) is 4.79 Å². The van der Waals surface area contributed by atoms with Gasteiger partial charge in [-0.1, -0.05) is 20.8 Å². The number of benzene rings is 1. The lowest BCUT2D eigenvalue weighted by Crippen LogP contribution is -2.27. The second kappa shape index (κ2) is 9.20. The molecule has 0 atom stereocenters. The summed E-state index contributed by atoms with van der Waals surface area (Å²) in [6, 6.07) is 11.3. The van der Waals surface area contributed by atoms with Gasteiger partial charge in [-0.2, -0.15) is 0 Å². The lowest BCUT2D eigenvalue weighted by molar-refractivity contribution is -0.123. The summed E-state index contributed by atoms with van der Waals surface area (Å²) in [7, 11) is 0. The lowest BCUT2D eigenvalue weighted by atomic mass is 9.96. The van der Waals surface area contributed by atoms with Crippen molar-refractivity contribution < 1.29 is 9.59 Å². The number of nitrogens with zero attached hydrogens (tertiary/aromatic N) is 2. The first-order valence-corrected chi connectivity index (χ1v) is 11.5. The number of nitrogens with one attached hydrogen (secondary N) is 2. The van der Waals surface area contributed by atoms with Crippen LogP contribution in [0, 0.1) is 26.2 Å². The molecule has 1 aromatic carbocycles. The molecule has 0 spiro atoms. The van der Waals surface area contributed by atoms with E-state index >= 15 is 0 Å². The average molecular weight is 455 g/mol. The van der Waals surface area contributed by atoms with Gasteiger partial charge in [-0.3, -0.25) is 9.59 Å². The molecule has 0 aliphatic carbocycles. The zero-order valence-corrected chi connectivity index (χ0v) is 20.1. The monoisotopic (exact) mass is 454 g/mol. The van der Waals surface area contributed by atoms with Gasteiger partial charge in [0.2, 0.25) is 5.91 Å². The van der Waals surface area contributed by atoms with E-state index in [2.05, 4.69) is 20.6 Å². The van der Waals surface area contributed by atoms with Crippen LogP contribution in [0.3, 0.4) is 0 Å². The van der Waals surface area contributed by atoms with Crippen LogP contribution < -0.4 is 10.6 Å². The quantitative estimate of drug-likeness (QED) is 0.472.